The van der Waals surface area contributed by atoms with Gasteiger partial charge in [0.25, 0.3) is 0 Å². The molecule has 0 saturated heterocycles. The van der Waals surface area contributed by atoms with Gasteiger partial charge in [-0.15, -0.1) is 0 Å². The molecule has 0 saturated carbocycles. The molecule has 0 spiro atoms. The zero-order valence-corrected chi connectivity index (χ0v) is 17.3. The molecule has 1 aromatic rings. The van der Waals surface area contributed by atoms with E-state index >= 15 is 0 Å². The zero-order valence-electron chi connectivity index (χ0n) is 17.3. The smallest absolute Gasteiger partial charge is 0.373 e. The van der Waals surface area contributed by atoms with Crippen LogP contribution in [0.4, 0.5) is 0 Å². The molecule has 0 aliphatic rings. The molecule has 1 rings (SSSR count). The number of rotatable bonds is 17. The van der Waals surface area contributed by atoms with Crippen LogP contribution in [0.3, 0.4) is 0 Å². The summed E-state index contributed by atoms with van der Waals surface area (Å²) in [5, 5.41) is 0. The summed E-state index contributed by atoms with van der Waals surface area (Å²) in [5.74, 6) is 0.184. The topological polar surface area (TPSA) is 44.8 Å². The van der Waals surface area contributed by atoms with Crippen molar-refractivity contribution in [3.8, 4) is 5.75 Å². The number of ether oxygens (including phenoxy) is 1. The van der Waals surface area contributed by atoms with E-state index in [4.69, 9.17) is 14.5 Å². The monoisotopic (exact) mass is 378 g/mol. The van der Waals surface area contributed by atoms with Crippen LogP contribution in [-0.2, 0) is 9.78 Å². The largest absolute Gasteiger partial charge is 0.494 e. The summed E-state index contributed by atoms with van der Waals surface area (Å²) >= 11 is 0. The minimum atomic E-state index is -0.476. The maximum Gasteiger partial charge on any atom is 0.373 e. The van der Waals surface area contributed by atoms with Gasteiger partial charge in [0.05, 0.1) is 18.8 Å². The van der Waals surface area contributed by atoms with Gasteiger partial charge in [0, 0.05) is 0 Å². The highest BCUT2D eigenvalue weighted by Crippen LogP contribution is 2.15. The Bertz CT molecular complexity index is 487. The lowest BCUT2D eigenvalue weighted by atomic mass is 10.1. The first-order chi connectivity index (χ1) is 13.3. The van der Waals surface area contributed by atoms with Crippen molar-refractivity contribution in [2.24, 2.45) is 0 Å². The lowest BCUT2D eigenvalue weighted by molar-refractivity contribution is -0.241. The average Bonchev–Trinajstić information content (AvgIpc) is 2.68. The highest BCUT2D eigenvalue weighted by atomic mass is 17.2. The molecule has 0 N–H and O–H groups in total. The molecule has 27 heavy (non-hydrogen) atoms. The lowest BCUT2D eigenvalue weighted by Gasteiger charge is -2.06. The number of benzene rings is 1. The Balaban J connectivity index is 1.92. The van der Waals surface area contributed by atoms with Crippen molar-refractivity contribution in [2.75, 3.05) is 13.2 Å². The van der Waals surface area contributed by atoms with Gasteiger partial charge in [-0.2, -0.15) is 4.89 Å². The van der Waals surface area contributed by atoms with Gasteiger partial charge in [-0.25, -0.2) is 4.79 Å². The molecule has 0 aliphatic carbocycles. The number of carbonyl (C=O) groups is 1. The van der Waals surface area contributed by atoms with Crippen molar-refractivity contribution >= 4 is 5.97 Å². The van der Waals surface area contributed by atoms with E-state index in [2.05, 4.69) is 6.92 Å². The van der Waals surface area contributed by atoms with Crippen LogP contribution in [0.2, 0.25) is 0 Å². The quantitative estimate of drug-likeness (QED) is 0.168. The SMILES string of the molecule is CCCCCCCCCCCCCCOOC(=O)c1cccc(OCC)c1. The third-order valence-corrected chi connectivity index (χ3v) is 4.60. The minimum absolute atomic E-state index is 0.440. The van der Waals surface area contributed by atoms with Crippen molar-refractivity contribution in [1.29, 1.82) is 0 Å². The Labute approximate surface area is 165 Å². The van der Waals surface area contributed by atoms with Gasteiger partial charge in [0.1, 0.15) is 5.75 Å². The Hall–Kier alpha value is -1.55. The summed E-state index contributed by atoms with van der Waals surface area (Å²) in [6.45, 7) is 5.18. The van der Waals surface area contributed by atoms with Crippen LogP contribution in [-0.4, -0.2) is 19.2 Å². The van der Waals surface area contributed by atoms with Crippen LogP contribution < -0.4 is 4.74 Å². The molecular formula is C23H38O4. The second-order valence-corrected chi connectivity index (χ2v) is 7.04. The number of hydrogen-bond acceptors (Lipinski definition) is 4. The lowest BCUT2D eigenvalue weighted by Crippen LogP contribution is -2.07. The van der Waals surface area contributed by atoms with E-state index in [1.54, 1.807) is 18.2 Å². The fourth-order valence-corrected chi connectivity index (χ4v) is 3.02. The van der Waals surface area contributed by atoms with Crippen molar-refractivity contribution in [1.82, 2.24) is 0 Å². The Kier molecular flexibility index (Phi) is 14.5. The summed E-state index contributed by atoms with van der Waals surface area (Å²) in [5.41, 5.74) is 0.440. The fourth-order valence-electron chi connectivity index (χ4n) is 3.02. The first kappa shape index (κ1) is 23.5. The van der Waals surface area contributed by atoms with Crippen molar-refractivity contribution < 1.29 is 19.3 Å². The normalized spacial score (nSPS) is 10.7. The van der Waals surface area contributed by atoms with Gasteiger partial charge in [0.2, 0.25) is 0 Å². The number of carbonyl (C=O) groups excluding carboxylic acids is 1. The molecule has 0 aliphatic heterocycles. The van der Waals surface area contributed by atoms with Gasteiger partial charge in [0.15, 0.2) is 0 Å². The Morgan fingerprint density at radius 2 is 1.41 bits per heavy atom. The van der Waals surface area contributed by atoms with Crippen molar-refractivity contribution in [2.45, 2.75) is 90.9 Å². The molecule has 0 atom stereocenters. The average molecular weight is 379 g/mol. The molecule has 0 aromatic heterocycles. The highest BCUT2D eigenvalue weighted by Gasteiger charge is 2.09. The van der Waals surface area contributed by atoms with Crippen LogP contribution in [0.5, 0.6) is 5.75 Å². The van der Waals surface area contributed by atoms with Crippen LogP contribution in [0.15, 0.2) is 24.3 Å². The first-order valence-corrected chi connectivity index (χ1v) is 10.8. The van der Waals surface area contributed by atoms with Crippen LogP contribution in [0.1, 0.15) is 101 Å². The van der Waals surface area contributed by atoms with Crippen molar-refractivity contribution in [3.63, 3.8) is 0 Å². The molecule has 0 heterocycles. The summed E-state index contributed by atoms with van der Waals surface area (Å²) in [6, 6.07) is 6.94. The minimum Gasteiger partial charge on any atom is -0.494 e. The van der Waals surface area contributed by atoms with E-state index in [0.717, 1.165) is 12.8 Å². The summed E-state index contributed by atoms with van der Waals surface area (Å²) in [7, 11) is 0. The van der Waals surface area contributed by atoms with E-state index < -0.39 is 5.97 Å². The van der Waals surface area contributed by atoms with Gasteiger partial charge in [-0.3, -0.25) is 4.89 Å². The molecule has 4 nitrogen and oxygen atoms in total. The molecule has 0 amide bonds. The van der Waals surface area contributed by atoms with Gasteiger partial charge < -0.3 is 4.74 Å². The van der Waals surface area contributed by atoms with E-state index in [-0.39, 0.29) is 0 Å². The van der Waals surface area contributed by atoms with E-state index in [0.29, 0.717) is 24.5 Å². The van der Waals surface area contributed by atoms with Gasteiger partial charge >= 0.3 is 5.97 Å². The molecular weight excluding hydrogens is 340 g/mol. The van der Waals surface area contributed by atoms with E-state index in [1.165, 1.54) is 64.2 Å². The summed E-state index contributed by atoms with van der Waals surface area (Å²) < 4.78 is 5.37. The maximum atomic E-state index is 11.9. The van der Waals surface area contributed by atoms with Gasteiger partial charge in [-0.05, 0) is 31.5 Å². The molecule has 0 radical (unpaired) electrons. The maximum absolute atomic E-state index is 11.9. The van der Waals surface area contributed by atoms with Crippen molar-refractivity contribution in [3.05, 3.63) is 29.8 Å². The van der Waals surface area contributed by atoms with Crippen LogP contribution >= 0.6 is 0 Å². The standard InChI is InChI=1S/C23H38O4/c1-3-5-6-7-8-9-10-11-12-13-14-15-19-26-27-23(24)21-17-16-18-22(20-21)25-4-2/h16-18,20H,3-15,19H2,1-2H3. The van der Waals surface area contributed by atoms with Crippen LogP contribution in [0, 0.1) is 0 Å². The summed E-state index contributed by atoms with van der Waals surface area (Å²) in [6.07, 6.45) is 15.5. The fraction of sp³-hybridized carbons (Fsp3) is 0.696. The third kappa shape index (κ3) is 12.5. The molecule has 0 fully saturated rings. The molecule has 0 bridgehead atoms. The second-order valence-electron chi connectivity index (χ2n) is 7.04. The number of unbranched alkanes of at least 4 members (excludes halogenated alkanes) is 11. The van der Waals surface area contributed by atoms with E-state index in [9.17, 15) is 4.79 Å². The van der Waals surface area contributed by atoms with E-state index in [1.807, 2.05) is 13.0 Å². The second kappa shape index (κ2) is 16.6. The molecule has 1 aromatic carbocycles. The third-order valence-electron chi connectivity index (χ3n) is 4.60. The Morgan fingerprint density at radius 1 is 0.815 bits per heavy atom. The molecule has 4 heteroatoms. The predicted molar refractivity (Wildman–Crippen MR) is 110 cm³/mol. The zero-order chi connectivity index (χ0) is 19.6. The highest BCUT2D eigenvalue weighted by molar-refractivity contribution is 5.89. The summed E-state index contributed by atoms with van der Waals surface area (Å²) in [4.78, 5) is 21.8. The molecule has 0 unspecified atom stereocenters. The Morgan fingerprint density at radius 3 is 2.00 bits per heavy atom. The van der Waals surface area contributed by atoms with Gasteiger partial charge in [-0.1, -0.05) is 83.6 Å². The molecule has 154 valence electrons. The first-order valence-electron chi connectivity index (χ1n) is 10.8. The van der Waals surface area contributed by atoms with Crippen LogP contribution in [0.25, 0.3) is 0 Å². The predicted octanol–water partition coefficient (Wildman–Crippen LogP) is 6.87. The number of hydrogen-bond donors (Lipinski definition) is 0.